The predicted octanol–water partition coefficient (Wildman–Crippen LogP) is 2.57. The van der Waals surface area contributed by atoms with Gasteiger partial charge in [0, 0.05) is 0 Å². The molecular formula is C13H20O2. The van der Waals surface area contributed by atoms with Crippen molar-refractivity contribution in [1.29, 1.82) is 0 Å². The predicted molar refractivity (Wildman–Crippen MR) is 61.6 cm³/mol. The van der Waals surface area contributed by atoms with Crippen LogP contribution >= 0.6 is 0 Å². The maximum atomic E-state index is 9.72. The Labute approximate surface area is 91.6 Å². The van der Waals surface area contributed by atoms with Crippen LogP contribution in [-0.4, -0.2) is 10.2 Å². The molecule has 1 atom stereocenters. The van der Waals surface area contributed by atoms with Gasteiger partial charge in [0.1, 0.15) is 0 Å². The molecule has 1 aromatic carbocycles. The van der Waals surface area contributed by atoms with E-state index < -0.39 is 0 Å². The number of hydrogen-bond acceptors (Lipinski definition) is 2. The van der Waals surface area contributed by atoms with Crippen LogP contribution in [0.2, 0.25) is 0 Å². The Bertz CT molecular complexity index is 307. The summed E-state index contributed by atoms with van der Waals surface area (Å²) >= 11 is 0. The number of aryl methyl sites for hydroxylation is 1. The molecule has 0 saturated carbocycles. The van der Waals surface area contributed by atoms with Crippen molar-refractivity contribution in [3.05, 3.63) is 34.9 Å². The van der Waals surface area contributed by atoms with Crippen molar-refractivity contribution in [2.24, 2.45) is 0 Å². The topological polar surface area (TPSA) is 40.5 Å². The zero-order valence-corrected chi connectivity index (χ0v) is 9.53. The van der Waals surface area contributed by atoms with Gasteiger partial charge in [0.05, 0.1) is 12.7 Å². The molecule has 0 bridgehead atoms. The van der Waals surface area contributed by atoms with Crippen LogP contribution in [0.25, 0.3) is 0 Å². The molecule has 0 radical (unpaired) electrons. The first-order chi connectivity index (χ1) is 7.22. The summed E-state index contributed by atoms with van der Waals surface area (Å²) in [6, 6.07) is 5.83. The van der Waals surface area contributed by atoms with Gasteiger partial charge in [-0.15, -0.1) is 0 Å². The first-order valence-corrected chi connectivity index (χ1v) is 5.63. The van der Waals surface area contributed by atoms with E-state index in [2.05, 4.69) is 6.92 Å². The summed E-state index contributed by atoms with van der Waals surface area (Å²) < 4.78 is 0. The van der Waals surface area contributed by atoms with E-state index in [0.29, 0.717) is 0 Å². The van der Waals surface area contributed by atoms with Crippen molar-refractivity contribution < 1.29 is 10.2 Å². The number of aliphatic hydroxyl groups excluding tert-OH is 2. The van der Waals surface area contributed by atoms with Crippen LogP contribution < -0.4 is 0 Å². The molecule has 15 heavy (non-hydrogen) atoms. The monoisotopic (exact) mass is 208 g/mol. The van der Waals surface area contributed by atoms with Gasteiger partial charge in [-0.1, -0.05) is 38.5 Å². The Balaban J connectivity index is 2.98. The number of benzene rings is 1. The number of rotatable bonds is 5. The second kappa shape index (κ2) is 5.89. The molecule has 0 spiro atoms. The van der Waals surface area contributed by atoms with Gasteiger partial charge in [0.2, 0.25) is 0 Å². The molecule has 2 nitrogen and oxygen atoms in total. The first kappa shape index (κ1) is 12.2. The summed E-state index contributed by atoms with van der Waals surface area (Å²) in [5.74, 6) is 0. The summed E-state index contributed by atoms with van der Waals surface area (Å²) in [5, 5.41) is 18.9. The van der Waals surface area contributed by atoms with Gasteiger partial charge >= 0.3 is 0 Å². The third kappa shape index (κ3) is 3.05. The van der Waals surface area contributed by atoms with Gasteiger partial charge in [-0.2, -0.15) is 0 Å². The second-order valence-corrected chi connectivity index (χ2v) is 3.86. The molecule has 0 saturated heterocycles. The van der Waals surface area contributed by atoms with Gasteiger partial charge in [-0.25, -0.2) is 0 Å². The van der Waals surface area contributed by atoms with Crippen LogP contribution in [0.4, 0.5) is 0 Å². The largest absolute Gasteiger partial charge is 0.392 e. The highest BCUT2D eigenvalue weighted by atomic mass is 16.3. The van der Waals surface area contributed by atoms with E-state index in [1.807, 2.05) is 25.1 Å². The van der Waals surface area contributed by atoms with Crippen LogP contribution in [-0.2, 0) is 13.0 Å². The maximum absolute atomic E-state index is 9.72. The third-order valence-electron chi connectivity index (χ3n) is 2.69. The smallest absolute Gasteiger partial charge is 0.0787 e. The molecule has 0 fully saturated rings. The lowest BCUT2D eigenvalue weighted by Crippen LogP contribution is -2.00. The molecule has 2 heteroatoms. The molecule has 0 aliphatic carbocycles. The van der Waals surface area contributed by atoms with Crippen LogP contribution in [0.1, 0.15) is 49.5 Å². The van der Waals surface area contributed by atoms with Gasteiger partial charge in [0.25, 0.3) is 0 Å². The van der Waals surface area contributed by atoms with Crippen LogP contribution in [0.15, 0.2) is 18.2 Å². The Morgan fingerprint density at radius 1 is 1.20 bits per heavy atom. The van der Waals surface area contributed by atoms with Crippen molar-refractivity contribution in [1.82, 2.24) is 0 Å². The molecular weight excluding hydrogens is 188 g/mol. The van der Waals surface area contributed by atoms with E-state index in [4.69, 9.17) is 5.11 Å². The van der Waals surface area contributed by atoms with E-state index in [0.717, 1.165) is 36.0 Å². The van der Waals surface area contributed by atoms with Crippen LogP contribution in [0, 0.1) is 0 Å². The highest BCUT2D eigenvalue weighted by Crippen LogP contribution is 2.21. The quantitative estimate of drug-likeness (QED) is 0.780. The van der Waals surface area contributed by atoms with E-state index in [9.17, 15) is 5.11 Å². The molecule has 0 heterocycles. The summed E-state index contributed by atoms with van der Waals surface area (Å²) in [7, 11) is 0. The Morgan fingerprint density at radius 3 is 2.47 bits per heavy atom. The fraction of sp³-hybridized carbons (Fsp3) is 0.538. The SMILES string of the molecule is CCCc1cc(C(O)CC)ccc1CO. The summed E-state index contributed by atoms with van der Waals surface area (Å²) in [5.41, 5.74) is 3.09. The van der Waals surface area contributed by atoms with Gasteiger partial charge < -0.3 is 10.2 Å². The Kier molecular flexibility index (Phi) is 4.79. The fourth-order valence-corrected chi connectivity index (χ4v) is 1.75. The molecule has 0 amide bonds. The fourth-order valence-electron chi connectivity index (χ4n) is 1.75. The van der Waals surface area contributed by atoms with E-state index in [1.165, 1.54) is 0 Å². The molecule has 84 valence electrons. The van der Waals surface area contributed by atoms with Gasteiger partial charge in [0.15, 0.2) is 0 Å². The van der Waals surface area contributed by atoms with Crippen LogP contribution in [0.3, 0.4) is 0 Å². The van der Waals surface area contributed by atoms with Crippen molar-refractivity contribution in [3.8, 4) is 0 Å². The highest BCUT2D eigenvalue weighted by molar-refractivity contribution is 5.33. The molecule has 1 unspecified atom stereocenters. The number of hydrogen-bond donors (Lipinski definition) is 2. The van der Waals surface area contributed by atoms with E-state index in [-0.39, 0.29) is 12.7 Å². The number of aliphatic hydroxyl groups is 2. The van der Waals surface area contributed by atoms with E-state index >= 15 is 0 Å². The standard InChI is InChI=1S/C13H20O2/c1-3-5-10-8-11(13(15)4-2)6-7-12(10)9-14/h6-8,13-15H,3-5,9H2,1-2H3. The van der Waals surface area contributed by atoms with Gasteiger partial charge in [-0.3, -0.25) is 0 Å². The average Bonchev–Trinajstić information content (AvgIpc) is 2.28. The van der Waals surface area contributed by atoms with Crippen molar-refractivity contribution >= 4 is 0 Å². The molecule has 1 aromatic rings. The molecule has 0 aliphatic heterocycles. The average molecular weight is 208 g/mol. The Morgan fingerprint density at radius 2 is 1.93 bits per heavy atom. The maximum Gasteiger partial charge on any atom is 0.0787 e. The lowest BCUT2D eigenvalue weighted by atomic mass is 9.97. The van der Waals surface area contributed by atoms with Crippen molar-refractivity contribution in [2.75, 3.05) is 0 Å². The minimum Gasteiger partial charge on any atom is -0.392 e. The molecule has 0 aromatic heterocycles. The molecule has 1 rings (SSSR count). The normalized spacial score (nSPS) is 12.8. The lowest BCUT2D eigenvalue weighted by Gasteiger charge is -2.12. The van der Waals surface area contributed by atoms with E-state index in [1.54, 1.807) is 0 Å². The van der Waals surface area contributed by atoms with Crippen molar-refractivity contribution in [2.45, 2.75) is 45.8 Å². The summed E-state index contributed by atoms with van der Waals surface area (Å²) in [4.78, 5) is 0. The molecule has 2 N–H and O–H groups in total. The van der Waals surface area contributed by atoms with Crippen LogP contribution in [0.5, 0.6) is 0 Å². The van der Waals surface area contributed by atoms with Crippen molar-refractivity contribution in [3.63, 3.8) is 0 Å². The first-order valence-electron chi connectivity index (χ1n) is 5.63. The summed E-state index contributed by atoms with van der Waals surface area (Å²) in [6.07, 6.45) is 2.36. The zero-order valence-electron chi connectivity index (χ0n) is 9.53. The summed E-state index contributed by atoms with van der Waals surface area (Å²) in [6.45, 7) is 4.16. The minimum atomic E-state index is -0.381. The third-order valence-corrected chi connectivity index (χ3v) is 2.69. The van der Waals surface area contributed by atoms with Gasteiger partial charge in [-0.05, 0) is 29.5 Å². The zero-order chi connectivity index (χ0) is 11.3. The Hall–Kier alpha value is -0.860. The highest BCUT2D eigenvalue weighted by Gasteiger charge is 2.08. The minimum absolute atomic E-state index is 0.0812. The molecule has 0 aliphatic rings. The lowest BCUT2D eigenvalue weighted by molar-refractivity contribution is 0.173. The second-order valence-electron chi connectivity index (χ2n) is 3.86.